The molecule has 0 aliphatic heterocycles. The molecule has 1 nitrogen and oxygen atoms in total. The summed E-state index contributed by atoms with van der Waals surface area (Å²) >= 11 is 0. The molecule has 88 valence electrons. The van der Waals surface area contributed by atoms with Crippen LogP contribution in [0.2, 0.25) is 0 Å². The molecule has 2 rings (SSSR count). The molecule has 0 amide bonds. The third kappa shape index (κ3) is 3.48. The zero-order chi connectivity index (χ0) is 10.5. The van der Waals surface area contributed by atoms with E-state index in [2.05, 4.69) is 12.2 Å². The largest absolute Gasteiger partial charge is 0.314 e. The molecule has 0 heterocycles. The normalized spacial score (nSPS) is 32.6. The predicted molar refractivity (Wildman–Crippen MR) is 66.0 cm³/mol. The Morgan fingerprint density at radius 3 is 2.40 bits per heavy atom. The van der Waals surface area contributed by atoms with Crippen molar-refractivity contribution in [2.24, 2.45) is 11.8 Å². The molecular formula is C14H27N. The van der Waals surface area contributed by atoms with Crippen molar-refractivity contribution < 1.29 is 0 Å². The van der Waals surface area contributed by atoms with Crippen LogP contribution in [0.25, 0.3) is 0 Å². The van der Waals surface area contributed by atoms with Gasteiger partial charge in [0.1, 0.15) is 0 Å². The minimum absolute atomic E-state index is 0.851. The fraction of sp³-hybridized carbons (Fsp3) is 1.00. The van der Waals surface area contributed by atoms with Gasteiger partial charge in [0.05, 0.1) is 0 Å². The molecule has 2 unspecified atom stereocenters. The summed E-state index contributed by atoms with van der Waals surface area (Å²) in [4.78, 5) is 0. The van der Waals surface area contributed by atoms with Crippen LogP contribution in [-0.4, -0.2) is 12.6 Å². The maximum atomic E-state index is 3.78. The molecule has 0 bridgehead atoms. The van der Waals surface area contributed by atoms with Crippen LogP contribution in [0.4, 0.5) is 0 Å². The molecule has 0 saturated heterocycles. The lowest BCUT2D eigenvalue weighted by molar-refractivity contribution is 0.254. The van der Waals surface area contributed by atoms with Gasteiger partial charge in [-0.1, -0.05) is 45.4 Å². The zero-order valence-corrected chi connectivity index (χ0v) is 10.3. The van der Waals surface area contributed by atoms with Crippen LogP contribution in [0.1, 0.15) is 64.7 Å². The van der Waals surface area contributed by atoms with Crippen LogP contribution in [0, 0.1) is 11.8 Å². The molecular weight excluding hydrogens is 182 g/mol. The van der Waals surface area contributed by atoms with E-state index in [1.807, 2.05) is 0 Å². The summed E-state index contributed by atoms with van der Waals surface area (Å²) in [5, 5.41) is 3.78. The first-order valence-electron chi connectivity index (χ1n) is 7.12. The highest BCUT2D eigenvalue weighted by Crippen LogP contribution is 2.29. The van der Waals surface area contributed by atoms with E-state index in [0.717, 1.165) is 17.9 Å². The van der Waals surface area contributed by atoms with Crippen LogP contribution < -0.4 is 5.32 Å². The van der Waals surface area contributed by atoms with Crippen LogP contribution >= 0.6 is 0 Å². The molecule has 0 radical (unpaired) electrons. The smallest absolute Gasteiger partial charge is 0.00697 e. The van der Waals surface area contributed by atoms with Crippen molar-refractivity contribution in [1.82, 2.24) is 5.32 Å². The van der Waals surface area contributed by atoms with Gasteiger partial charge in [-0.3, -0.25) is 0 Å². The topological polar surface area (TPSA) is 12.0 Å². The van der Waals surface area contributed by atoms with E-state index >= 15 is 0 Å². The predicted octanol–water partition coefficient (Wildman–Crippen LogP) is 3.74. The second kappa shape index (κ2) is 5.89. The zero-order valence-electron chi connectivity index (χ0n) is 10.3. The van der Waals surface area contributed by atoms with Crippen LogP contribution in [-0.2, 0) is 0 Å². The summed E-state index contributed by atoms with van der Waals surface area (Å²) in [6.07, 6.45) is 13.1. The minimum Gasteiger partial charge on any atom is -0.314 e. The number of nitrogens with one attached hydrogen (secondary N) is 1. The maximum absolute atomic E-state index is 3.78. The molecule has 2 aliphatic carbocycles. The molecule has 0 aromatic carbocycles. The Labute approximate surface area is 95.0 Å². The van der Waals surface area contributed by atoms with E-state index in [4.69, 9.17) is 0 Å². The highest BCUT2D eigenvalue weighted by Gasteiger charge is 2.21. The molecule has 0 spiro atoms. The first-order valence-corrected chi connectivity index (χ1v) is 7.12. The quantitative estimate of drug-likeness (QED) is 0.727. The lowest BCUT2D eigenvalue weighted by Gasteiger charge is -2.31. The Balaban J connectivity index is 1.56. The van der Waals surface area contributed by atoms with E-state index in [9.17, 15) is 0 Å². The second-order valence-electron chi connectivity index (χ2n) is 5.68. The van der Waals surface area contributed by atoms with Gasteiger partial charge in [0.2, 0.25) is 0 Å². The van der Waals surface area contributed by atoms with Gasteiger partial charge < -0.3 is 5.32 Å². The van der Waals surface area contributed by atoms with Crippen molar-refractivity contribution in [3.8, 4) is 0 Å². The Kier molecular flexibility index (Phi) is 4.49. The van der Waals surface area contributed by atoms with Crippen LogP contribution in [0.15, 0.2) is 0 Å². The molecule has 1 N–H and O–H groups in total. The SMILES string of the molecule is CCC1CCCC(NCCC2CCC2)C1. The monoisotopic (exact) mass is 209 g/mol. The minimum atomic E-state index is 0.851. The molecule has 2 fully saturated rings. The van der Waals surface area contributed by atoms with E-state index in [1.54, 1.807) is 0 Å². The van der Waals surface area contributed by atoms with Crippen LogP contribution in [0.5, 0.6) is 0 Å². The van der Waals surface area contributed by atoms with Gasteiger partial charge in [0.15, 0.2) is 0 Å². The number of hydrogen-bond donors (Lipinski definition) is 1. The Morgan fingerprint density at radius 2 is 1.73 bits per heavy atom. The molecule has 2 atom stereocenters. The van der Waals surface area contributed by atoms with Crippen molar-refractivity contribution in [2.45, 2.75) is 70.8 Å². The molecule has 1 heteroatoms. The molecule has 2 aliphatic rings. The first-order chi connectivity index (χ1) is 7.38. The van der Waals surface area contributed by atoms with Crippen molar-refractivity contribution >= 4 is 0 Å². The summed E-state index contributed by atoms with van der Waals surface area (Å²) < 4.78 is 0. The van der Waals surface area contributed by atoms with Gasteiger partial charge in [0.25, 0.3) is 0 Å². The van der Waals surface area contributed by atoms with E-state index in [-0.39, 0.29) is 0 Å². The molecule has 0 aromatic rings. The van der Waals surface area contributed by atoms with Gasteiger partial charge in [-0.15, -0.1) is 0 Å². The molecule has 15 heavy (non-hydrogen) atoms. The number of rotatable bonds is 5. The van der Waals surface area contributed by atoms with Crippen molar-refractivity contribution in [3.63, 3.8) is 0 Å². The third-order valence-electron chi connectivity index (χ3n) is 4.57. The molecule has 0 aromatic heterocycles. The average molecular weight is 209 g/mol. The summed E-state index contributed by atoms with van der Waals surface area (Å²) in [6, 6.07) is 0.851. The van der Waals surface area contributed by atoms with Crippen LogP contribution in [0.3, 0.4) is 0 Å². The Morgan fingerprint density at radius 1 is 1.00 bits per heavy atom. The fourth-order valence-electron chi connectivity index (χ4n) is 3.12. The Hall–Kier alpha value is -0.0400. The Bertz CT molecular complexity index is 174. The van der Waals surface area contributed by atoms with Gasteiger partial charge >= 0.3 is 0 Å². The maximum Gasteiger partial charge on any atom is 0.00697 e. The molecule has 2 saturated carbocycles. The second-order valence-corrected chi connectivity index (χ2v) is 5.68. The van der Waals surface area contributed by atoms with Crippen molar-refractivity contribution in [2.75, 3.05) is 6.54 Å². The summed E-state index contributed by atoms with van der Waals surface area (Å²) in [5.74, 6) is 2.09. The average Bonchev–Trinajstić information content (AvgIpc) is 2.22. The highest BCUT2D eigenvalue weighted by atomic mass is 14.9. The highest BCUT2D eigenvalue weighted by molar-refractivity contribution is 4.78. The lowest BCUT2D eigenvalue weighted by atomic mass is 9.82. The van der Waals surface area contributed by atoms with Gasteiger partial charge in [-0.05, 0) is 37.6 Å². The fourth-order valence-corrected chi connectivity index (χ4v) is 3.12. The van der Waals surface area contributed by atoms with E-state index in [1.165, 1.54) is 64.3 Å². The van der Waals surface area contributed by atoms with Gasteiger partial charge in [-0.25, -0.2) is 0 Å². The van der Waals surface area contributed by atoms with E-state index < -0.39 is 0 Å². The van der Waals surface area contributed by atoms with Gasteiger partial charge in [-0.2, -0.15) is 0 Å². The summed E-state index contributed by atoms with van der Waals surface area (Å²) in [6.45, 7) is 3.63. The number of hydrogen-bond acceptors (Lipinski definition) is 1. The van der Waals surface area contributed by atoms with E-state index in [0.29, 0.717) is 0 Å². The standard InChI is InChI=1S/C14H27N/c1-2-12-5-4-8-14(11-12)15-10-9-13-6-3-7-13/h12-15H,2-11H2,1H3. The van der Waals surface area contributed by atoms with Crippen molar-refractivity contribution in [1.29, 1.82) is 0 Å². The van der Waals surface area contributed by atoms with Gasteiger partial charge in [0, 0.05) is 6.04 Å². The summed E-state index contributed by atoms with van der Waals surface area (Å²) in [5.41, 5.74) is 0. The summed E-state index contributed by atoms with van der Waals surface area (Å²) in [7, 11) is 0. The third-order valence-corrected chi connectivity index (χ3v) is 4.57. The first kappa shape index (κ1) is 11.4. The lowest BCUT2D eigenvalue weighted by Crippen LogP contribution is -2.35. The van der Waals surface area contributed by atoms with Crippen molar-refractivity contribution in [3.05, 3.63) is 0 Å².